The molecule has 0 radical (unpaired) electrons. The minimum atomic E-state index is -0.256. The van der Waals surface area contributed by atoms with Crippen molar-refractivity contribution in [3.8, 4) is 6.07 Å². The van der Waals surface area contributed by atoms with Crippen molar-refractivity contribution in [2.24, 2.45) is 17.8 Å². The van der Waals surface area contributed by atoms with E-state index in [1.165, 1.54) is 12.8 Å². The van der Waals surface area contributed by atoms with Crippen molar-refractivity contribution in [3.05, 3.63) is 0 Å². The first kappa shape index (κ1) is 10.9. The van der Waals surface area contributed by atoms with Crippen molar-refractivity contribution < 1.29 is 0 Å². The zero-order chi connectivity index (χ0) is 9.84. The molecule has 0 amide bonds. The van der Waals surface area contributed by atoms with Gasteiger partial charge in [0.25, 0.3) is 0 Å². The van der Waals surface area contributed by atoms with Gasteiger partial charge >= 0.3 is 0 Å². The molecule has 0 saturated heterocycles. The summed E-state index contributed by atoms with van der Waals surface area (Å²) >= 11 is 5.91. The minimum Gasteiger partial charge on any atom is -0.197 e. The Balaban J connectivity index is 2.35. The second-order valence-corrected chi connectivity index (χ2v) is 4.92. The van der Waals surface area contributed by atoms with Crippen LogP contribution in [0.4, 0.5) is 0 Å². The summed E-state index contributed by atoms with van der Waals surface area (Å²) in [5.41, 5.74) is 0. The van der Waals surface area contributed by atoms with Crippen LogP contribution in [0.3, 0.4) is 0 Å². The van der Waals surface area contributed by atoms with E-state index in [0.717, 1.165) is 24.7 Å². The Labute approximate surface area is 86.1 Å². The molecule has 0 aromatic rings. The molecule has 13 heavy (non-hydrogen) atoms. The molecule has 2 heteroatoms. The first-order chi connectivity index (χ1) is 6.15. The van der Waals surface area contributed by atoms with Crippen LogP contribution < -0.4 is 0 Å². The molecular weight excluding hydrogens is 182 g/mol. The maximum Gasteiger partial charge on any atom is 0.123 e. The van der Waals surface area contributed by atoms with Crippen LogP contribution in [0.25, 0.3) is 0 Å². The topological polar surface area (TPSA) is 23.8 Å². The van der Waals surface area contributed by atoms with Crippen LogP contribution in [0.5, 0.6) is 0 Å². The van der Waals surface area contributed by atoms with Gasteiger partial charge in [-0.05, 0) is 43.4 Å². The van der Waals surface area contributed by atoms with Gasteiger partial charge in [0.05, 0.1) is 6.07 Å². The molecule has 1 unspecified atom stereocenters. The monoisotopic (exact) mass is 199 g/mol. The molecule has 1 saturated carbocycles. The van der Waals surface area contributed by atoms with Gasteiger partial charge in [0.2, 0.25) is 0 Å². The lowest BCUT2D eigenvalue weighted by atomic mass is 9.76. The first-order valence-corrected chi connectivity index (χ1v) is 5.62. The van der Waals surface area contributed by atoms with Crippen molar-refractivity contribution in [1.29, 1.82) is 5.26 Å². The predicted octanol–water partition coefficient (Wildman–Crippen LogP) is 3.58. The fourth-order valence-corrected chi connectivity index (χ4v) is 2.46. The van der Waals surface area contributed by atoms with Gasteiger partial charge in [-0.3, -0.25) is 0 Å². The summed E-state index contributed by atoms with van der Waals surface area (Å²) in [6, 6.07) is 2.14. The van der Waals surface area contributed by atoms with Crippen molar-refractivity contribution >= 4 is 11.6 Å². The van der Waals surface area contributed by atoms with Gasteiger partial charge in [-0.1, -0.05) is 13.8 Å². The molecule has 1 fully saturated rings. The Hall–Kier alpha value is -0.220. The van der Waals surface area contributed by atoms with E-state index < -0.39 is 0 Å². The van der Waals surface area contributed by atoms with E-state index in [1.54, 1.807) is 0 Å². The average Bonchev–Trinajstić information content (AvgIpc) is 2.17. The third kappa shape index (κ3) is 2.88. The van der Waals surface area contributed by atoms with Gasteiger partial charge < -0.3 is 0 Å². The summed E-state index contributed by atoms with van der Waals surface area (Å²) in [5, 5.41) is 8.42. The third-order valence-electron chi connectivity index (χ3n) is 3.30. The summed E-state index contributed by atoms with van der Waals surface area (Å²) in [4.78, 5) is 0. The second kappa shape index (κ2) is 4.86. The van der Waals surface area contributed by atoms with Gasteiger partial charge in [-0.25, -0.2) is 0 Å². The summed E-state index contributed by atoms with van der Waals surface area (Å²) in [5.74, 6) is 2.09. The van der Waals surface area contributed by atoms with Crippen molar-refractivity contribution in [2.75, 3.05) is 0 Å². The largest absolute Gasteiger partial charge is 0.197 e. The van der Waals surface area contributed by atoms with Crippen molar-refractivity contribution in [3.63, 3.8) is 0 Å². The Kier molecular flexibility index (Phi) is 4.06. The number of halogens is 1. The molecule has 0 aromatic heterocycles. The Bertz CT molecular complexity index is 187. The minimum absolute atomic E-state index is 0.256. The molecule has 1 aliphatic rings. The molecule has 0 aliphatic heterocycles. The molecule has 0 heterocycles. The van der Waals surface area contributed by atoms with Crippen LogP contribution in [0, 0.1) is 29.1 Å². The maximum atomic E-state index is 8.68. The molecule has 1 nitrogen and oxygen atoms in total. The fraction of sp³-hybridized carbons (Fsp3) is 0.909. The number of nitrogens with zero attached hydrogens (tertiary/aromatic N) is 1. The van der Waals surface area contributed by atoms with E-state index >= 15 is 0 Å². The zero-order valence-electron chi connectivity index (χ0n) is 8.46. The molecule has 1 aliphatic carbocycles. The number of alkyl halides is 1. The normalized spacial score (nSPS) is 31.3. The molecule has 0 N–H and O–H groups in total. The summed E-state index contributed by atoms with van der Waals surface area (Å²) in [7, 11) is 0. The molecule has 1 atom stereocenters. The molecule has 1 rings (SSSR count). The lowest BCUT2D eigenvalue weighted by Gasteiger charge is -2.31. The second-order valence-electron chi connectivity index (χ2n) is 4.45. The standard InChI is InChI=1S/C11H18ClN/c1-8(2)9-3-5-10(6-4-9)11(12)7-13/h8-11H,3-6H2,1-2H3. The van der Waals surface area contributed by atoms with E-state index in [0.29, 0.717) is 5.92 Å². The van der Waals surface area contributed by atoms with Crippen LogP contribution in [-0.2, 0) is 0 Å². The van der Waals surface area contributed by atoms with Crippen molar-refractivity contribution in [1.82, 2.24) is 0 Å². The number of hydrogen-bond acceptors (Lipinski definition) is 1. The van der Waals surface area contributed by atoms with Crippen LogP contribution in [0.15, 0.2) is 0 Å². The highest BCUT2D eigenvalue weighted by Crippen LogP contribution is 2.35. The smallest absolute Gasteiger partial charge is 0.123 e. The SMILES string of the molecule is CC(C)C1CCC(C(Cl)C#N)CC1. The predicted molar refractivity (Wildman–Crippen MR) is 55.5 cm³/mol. The number of nitriles is 1. The first-order valence-electron chi connectivity index (χ1n) is 5.18. The van der Waals surface area contributed by atoms with E-state index in [9.17, 15) is 0 Å². The van der Waals surface area contributed by atoms with E-state index in [4.69, 9.17) is 16.9 Å². The quantitative estimate of drug-likeness (QED) is 0.624. The number of hydrogen-bond donors (Lipinski definition) is 0. The summed E-state index contributed by atoms with van der Waals surface area (Å²) in [6.07, 6.45) is 4.80. The van der Waals surface area contributed by atoms with E-state index in [-0.39, 0.29) is 5.38 Å². The van der Waals surface area contributed by atoms with Gasteiger partial charge in [-0.15, -0.1) is 11.6 Å². The van der Waals surface area contributed by atoms with Crippen molar-refractivity contribution in [2.45, 2.75) is 44.9 Å². The average molecular weight is 200 g/mol. The summed E-state index contributed by atoms with van der Waals surface area (Å²) < 4.78 is 0. The Morgan fingerprint density at radius 2 is 1.62 bits per heavy atom. The summed E-state index contributed by atoms with van der Waals surface area (Å²) in [6.45, 7) is 4.57. The third-order valence-corrected chi connectivity index (χ3v) is 3.75. The van der Waals surface area contributed by atoms with Crippen LogP contribution in [0.2, 0.25) is 0 Å². The van der Waals surface area contributed by atoms with E-state index in [2.05, 4.69) is 19.9 Å². The molecule has 0 aromatic carbocycles. The Morgan fingerprint density at radius 1 is 1.15 bits per heavy atom. The van der Waals surface area contributed by atoms with Gasteiger partial charge in [0.1, 0.15) is 5.38 Å². The lowest BCUT2D eigenvalue weighted by molar-refractivity contribution is 0.228. The zero-order valence-corrected chi connectivity index (χ0v) is 9.22. The molecule has 74 valence electrons. The number of rotatable bonds is 2. The fourth-order valence-electron chi connectivity index (χ4n) is 2.21. The molecule has 0 spiro atoms. The van der Waals surface area contributed by atoms with Crippen LogP contribution >= 0.6 is 11.6 Å². The van der Waals surface area contributed by atoms with Crippen LogP contribution in [-0.4, -0.2) is 5.38 Å². The maximum absolute atomic E-state index is 8.68. The van der Waals surface area contributed by atoms with Crippen LogP contribution in [0.1, 0.15) is 39.5 Å². The van der Waals surface area contributed by atoms with Gasteiger partial charge in [0.15, 0.2) is 0 Å². The van der Waals surface area contributed by atoms with E-state index in [1.807, 2.05) is 0 Å². The van der Waals surface area contributed by atoms with Gasteiger partial charge in [0, 0.05) is 0 Å². The molecular formula is C11H18ClN. The highest BCUT2D eigenvalue weighted by molar-refractivity contribution is 6.22. The molecule has 0 bridgehead atoms. The lowest BCUT2D eigenvalue weighted by Crippen LogP contribution is -2.23. The Morgan fingerprint density at radius 3 is 2.00 bits per heavy atom. The highest BCUT2D eigenvalue weighted by atomic mass is 35.5. The van der Waals surface area contributed by atoms with Gasteiger partial charge in [-0.2, -0.15) is 5.26 Å². The highest BCUT2D eigenvalue weighted by Gasteiger charge is 2.27.